The molecule has 1 aromatic rings. The van der Waals surface area contributed by atoms with Crippen LogP contribution in [0.15, 0.2) is 30.3 Å². The van der Waals surface area contributed by atoms with E-state index in [1.165, 1.54) is 12.0 Å². The summed E-state index contributed by atoms with van der Waals surface area (Å²) in [5, 5.41) is 0. The highest BCUT2D eigenvalue weighted by atomic mass is 15.1. The Kier molecular flexibility index (Phi) is 6.37. The van der Waals surface area contributed by atoms with Crippen molar-refractivity contribution in [2.75, 3.05) is 13.1 Å². The third-order valence-electron chi connectivity index (χ3n) is 3.56. The van der Waals surface area contributed by atoms with Gasteiger partial charge in [-0.1, -0.05) is 44.2 Å². The first-order chi connectivity index (χ1) is 8.56. The molecule has 2 nitrogen and oxygen atoms in total. The van der Waals surface area contributed by atoms with Gasteiger partial charge >= 0.3 is 0 Å². The predicted molar refractivity (Wildman–Crippen MR) is 79.5 cm³/mol. The summed E-state index contributed by atoms with van der Waals surface area (Å²) in [4.78, 5) is 2.52. The van der Waals surface area contributed by atoms with Crippen molar-refractivity contribution >= 4 is 0 Å². The summed E-state index contributed by atoms with van der Waals surface area (Å²) in [6.45, 7) is 11.2. The predicted octanol–water partition coefficient (Wildman–Crippen LogP) is 3.44. The van der Waals surface area contributed by atoms with Crippen LogP contribution < -0.4 is 5.73 Å². The molecule has 0 aliphatic carbocycles. The molecule has 2 unspecified atom stereocenters. The Morgan fingerprint density at radius 1 is 1.11 bits per heavy atom. The number of nitrogens with zero attached hydrogens (tertiary/aromatic N) is 1. The number of hydrogen-bond donors (Lipinski definition) is 1. The molecule has 2 N–H and O–H groups in total. The highest BCUT2D eigenvalue weighted by Crippen LogP contribution is 2.20. The van der Waals surface area contributed by atoms with E-state index in [0.717, 1.165) is 13.1 Å². The van der Waals surface area contributed by atoms with E-state index in [4.69, 9.17) is 5.73 Å². The maximum absolute atomic E-state index is 6.36. The molecule has 0 radical (unpaired) electrons. The lowest BCUT2D eigenvalue weighted by molar-refractivity contribution is 0.181. The van der Waals surface area contributed by atoms with E-state index in [2.05, 4.69) is 56.9 Å². The first kappa shape index (κ1) is 15.2. The van der Waals surface area contributed by atoms with Crippen molar-refractivity contribution in [2.24, 2.45) is 11.7 Å². The van der Waals surface area contributed by atoms with Gasteiger partial charge in [0.1, 0.15) is 0 Å². The minimum Gasteiger partial charge on any atom is -0.324 e. The van der Waals surface area contributed by atoms with Gasteiger partial charge in [0, 0.05) is 18.6 Å². The zero-order valence-corrected chi connectivity index (χ0v) is 12.3. The molecule has 1 aromatic carbocycles. The molecule has 0 fully saturated rings. The molecule has 0 saturated carbocycles. The van der Waals surface area contributed by atoms with E-state index in [9.17, 15) is 0 Å². The second kappa shape index (κ2) is 7.55. The number of rotatable bonds is 7. The molecule has 0 aliphatic heterocycles. The van der Waals surface area contributed by atoms with Gasteiger partial charge in [-0.05, 0) is 38.3 Å². The van der Waals surface area contributed by atoms with Crippen molar-refractivity contribution in [1.82, 2.24) is 4.90 Å². The summed E-state index contributed by atoms with van der Waals surface area (Å²) in [6, 6.07) is 11.1. The van der Waals surface area contributed by atoms with Crippen LogP contribution in [0.25, 0.3) is 0 Å². The Balaban J connectivity index is 2.61. The second-order valence-electron chi connectivity index (χ2n) is 5.50. The van der Waals surface area contributed by atoms with Crippen LogP contribution in [-0.2, 0) is 0 Å². The number of benzene rings is 1. The Bertz CT molecular complexity index is 321. The Hall–Kier alpha value is -0.860. The third-order valence-corrected chi connectivity index (χ3v) is 3.56. The lowest BCUT2D eigenvalue weighted by Gasteiger charge is -2.31. The fourth-order valence-corrected chi connectivity index (χ4v) is 2.33. The molecule has 1 rings (SSSR count). The Morgan fingerprint density at radius 2 is 1.72 bits per heavy atom. The zero-order valence-electron chi connectivity index (χ0n) is 12.3. The SMILES string of the molecule is CCCN(CC(C)C(N)c1ccccc1)C(C)C. The van der Waals surface area contributed by atoms with E-state index in [-0.39, 0.29) is 6.04 Å². The number of hydrogen-bond acceptors (Lipinski definition) is 2. The Morgan fingerprint density at radius 3 is 2.22 bits per heavy atom. The van der Waals surface area contributed by atoms with Crippen molar-refractivity contribution in [3.8, 4) is 0 Å². The summed E-state index contributed by atoms with van der Waals surface area (Å²) in [5.41, 5.74) is 7.60. The fraction of sp³-hybridized carbons (Fsp3) is 0.625. The molecular weight excluding hydrogens is 220 g/mol. The van der Waals surface area contributed by atoms with Crippen LogP contribution >= 0.6 is 0 Å². The molecule has 0 saturated heterocycles. The average Bonchev–Trinajstić information content (AvgIpc) is 2.38. The van der Waals surface area contributed by atoms with Crippen molar-refractivity contribution in [3.05, 3.63) is 35.9 Å². The van der Waals surface area contributed by atoms with E-state index in [1.807, 2.05) is 6.07 Å². The van der Waals surface area contributed by atoms with Gasteiger partial charge in [-0.3, -0.25) is 0 Å². The van der Waals surface area contributed by atoms with Gasteiger partial charge in [0.05, 0.1) is 0 Å². The molecule has 0 amide bonds. The summed E-state index contributed by atoms with van der Waals surface area (Å²) in [5.74, 6) is 0.473. The van der Waals surface area contributed by atoms with E-state index >= 15 is 0 Å². The maximum Gasteiger partial charge on any atom is 0.0333 e. The first-order valence-electron chi connectivity index (χ1n) is 7.10. The van der Waals surface area contributed by atoms with Crippen LogP contribution in [0, 0.1) is 5.92 Å². The summed E-state index contributed by atoms with van der Waals surface area (Å²) < 4.78 is 0. The molecule has 2 atom stereocenters. The molecule has 102 valence electrons. The molecule has 0 bridgehead atoms. The van der Waals surface area contributed by atoms with Crippen LogP contribution in [0.1, 0.15) is 45.7 Å². The number of nitrogens with two attached hydrogens (primary N) is 1. The quantitative estimate of drug-likeness (QED) is 0.801. The lowest BCUT2D eigenvalue weighted by Crippen LogP contribution is -2.38. The minimum atomic E-state index is 0.129. The third kappa shape index (κ3) is 4.43. The van der Waals surface area contributed by atoms with Gasteiger partial charge in [0.2, 0.25) is 0 Å². The van der Waals surface area contributed by atoms with Gasteiger partial charge in [0.15, 0.2) is 0 Å². The second-order valence-corrected chi connectivity index (χ2v) is 5.50. The molecule has 0 heterocycles. The van der Waals surface area contributed by atoms with Crippen LogP contribution in [-0.4, -0.2) is 24.0 Å². The van der Waals surface area contributed by atoms with Gasteiger partial charge in [-0.2, -0.15) is 0 Å². The first-order valence-corrected chi connectivity index (χ1v) is 7.10. The lowest BCUT2D eigenvalue weighted by atomic mass is 9.94. The molecule has 0 aliphatic rings. The minimum absolute atomic E-state index is 0.129. The maximum atomic E-state index is 6.36. The Labute approximate surface area is 112 Å². The summed E-state index contributed by atoms with van der Waals surface area (Å²) in [7, 11) is 0. The van der Waals surface area contributed by atoms with Crippen molar-refractivity contribution in [2.45, 2.75) is 46.2 Å². The van der Waals surface area contributed by atoms with Gasteiger partial charge in [0.25, 0.3) is 0 Å². The molecule has 0 spiro atoms. The summed E-state index contributed by atoms with van der Waals surface area (Å²) in [6.07, 6.45) is 1.20. The van der Waals surface area contributed by atoms with Gasteiger partial charge in [-0.25, -0.2) is 0 Å². The molecule has 0 aromatic heterocycles. The van der Waals surface area contributed by atoms with Crippen molar-refractivity contribution in [3.63, 3.8) is 0 Å². The van der Waals surface area contributed by atoms with Crippen LogP contribution in [0.5, 0.6) is 0 Å². The van der Waals surface area contributed by atoms with Gasteiger partial charge < -0.3 is 10.6 Å². The van der Waals surface area contributed by atoms with Gasteiger partial charge in [-0.15, -0.1) is 0 Å². The zero-order chi connectivity index (χ0) is 13.5. The average molecular weight is 248 g/mol. The molecule has 18 heavy (non-hydrogen) atoms. The van der Waals surface area contributed by atoms with Crippen LogP contribution in [0.2, 0.25) is 0 Å². The summed E-state index contributed by atoms with van der Waals surface area (Å²) >= 11 is 0. The van der Waals surface area contributed by atoms with Crippen LogP contribution in [0.4, 0.5) is 0 Å². The molecular formula is C16H28N2. The largest absolute Gasteiger partial charge is 0.324 e. The smallest absolute Gasteiger partial charge is 0.0333 e. The topological polar surface area (TPSA) is 29.3 Å². The normalized spacial score (nSPS) is 15.1. The van der Waals surface area contributed by atoms with E-state index in [1.54, 1.807) is 0 Å². The van der Waals surface area contributed by atoms with E-state index < -0.39 is 0 Å². The molecule has 2 heteroatoms. The highest BCUT2D eigenvalue weighted by molar-refractivity contribution is 5.19. The fourth-order valence-electron chi connectivity index (χ4n) is 2.33. The monoisotopic (exact) mass is 248 g/mol. The van der Waals surface area contributed by atoms with Crippen molar-refractivity contribution in [1.29, 1.82) is 0 Å². The van der Waals surface area contributed by atoms with E-state index in [0.29, 0.717) is 12.0 Å². The standard InChI is InChI=1S/C16H28N2/c1-5-11-18(13(2)3)12-14(4)16(17)15-9-7-6-8-10-15/h6-10,13-14,16H,5,11-12,17H2,1-4H3. The van der Waals surface area contributed by atoms with Crippen molar-refractivity contribution < 1.29 is 0 Å². The highest BCUT2D eigenvalue weighted by Gasteiger charge is 2.19. The van der Waals surface area contributed by atoms with Crippen LogP contribution in [0.3, 0.4) is 0 Å².